The fourth-order valence-electron chi connectivity index (χ4n) is 2.95. The summed E-state index contributed by atoms with van der Waals surface area (Å²) in [5.41, 5.74) is 7.48. The van der Waals surface area contributed by atoms with Crippen molar-refractivity contribution in [3.05, 3.63) is 46.4 Å². The number of fused-ring (bicyclic) bond motifs is 1. The second kappa shape index (κ2) is 8.14. The Labute approximate surface area is 159 Å². The van der Waals surface area contributed by atoms with E-state index < -0.39 is 6.43 Å². The van der Waals surface area contributed by atoms with Crippen LogP contribution in [0.1, 0.15) is 41.6 Å². The van der Waals surface area contributed by atoms with E-state index in [1.807, 2.05) is 12.1 Å². The smallest absolute Gasteiger partial charge is 0.282 e. The molecule has 0 saturated heterocycles. The molecule has 0 atom stereocenters. The van der Waals surface area contributed by atoms with Gasteiger partial charge in [-0.1, -0.05) is 13.0 Å². The quantitative estimate of drug-likeness (QED) is 0.567. The number of aliphatic hydroxyl groups excluding tert-OH is 1. The first kappa shape index (κ1) is 19.4. The van der Waals surface area contributed by atoms with Crippen LogP contribution in [0.5, 0.6) is 0 Å². The van der Waals surface area contributed by atoms with E-state index in [2.05, 4.69) is 20.4 Å². The van der Waals surface area contributed by atoms with E-state index in [0.717, 1.165) is 10.2 Å². The predicted octanol–water partition coefficient (Wildman–Crippen LogP) is 2.23. The zero-order chi connectivity index (χ0) is 20.3. The van der Waals surface area contributed by atoms with E-state index in [0.29, 0.717) is 30.6 Å². The molecule has 0 aliphatic heterocycles. The summed E-state index contributed by atoms with van der Waals surface area (Å²) < 4.78 is 27.6. The molecule has 8 nitrogen and oxygen atoms in total. The van der Waals surface area contributed by atoms with Gasteiger partial charge in [-0.15, -0.1) is 0 Å². The number of aryl methyl sites for hydroxylation is 1. The Balaban J connectivity index is 1.92. The molecule has 0 saturated carbocycles. The van der Waals surface area contributed by atoms with Crippen LogP contribution >= 0.6 is 0 Å². The highest BCUT2D eigenvalue weighted by molar-refractivity contribution is 5.69. The molecule has 0 spiro atoms. The molecule has 3 rings (SSSR count). The summed E-state index contributed by atoms with van der Waals surface area (Å²) >= 11 is 0. The summed E-state index contributed by atoms with van der Waals surface area (Å²) in [4.78, 5) is 8.62. The van der Waals surface area contributed by atoms with Gasteiger partial charge in [0.05, 0.1) is 12.3 Å². The number of halogens is 2. The van der Waals surface area contributed by atoms with Crippen LogP contribution in [-0.4, -0.2) is 31.2 Å². The van der Waals surface area contributed by atoms with Gasteiger partial charge in [-0.25, -0.2) is 13.8 Å². The van der Waals surface area contributed by atoms with Crippen molar-refractivity contribution in [1.29, 1.82) is 5.26 Å². The Bertz CT molecular complexity index is 1040. The van der Waals surface area contributed by atoms with Gasteiger partial charge in [0.25, 0.3) is 6.43 Å². The van der Waals surface area contributed by atoms with Crippen LogP contribution in [0.25, 0.3) is 5.65 Å². The van der Waals surface area contributed by atoms with Crippen LogP contribution in [0.15, 0.2) is 18.2 Å². The van der Waals surface area contributed by atoms with Crippen LogP contribution in [0.3, 0.4) is 0 Å². The molecule has 28 heavy (non-hydrogen) atoms. The van der Waals surface area contributed by atoms with Crippen molar-refractivity contribution in [1.82, 2.24) is 19.6 Å². The first-order chi connectivity index (χ1) is 13.5. The minimum Gasteiger partial charge on any atom is -0.390 e. The molecule has 10 heteroatoms. The summed E-state index contributed by atoms with van der Waals surface area (Å²) in [6, 6.07) is 7.28. The Morgan fingerprint density at radius 3 is 2.71 bits per heavy atom. The van der Waals surface area contributed by atoms with Crippen molar-refractivity contribution in [2.24, 2.45) is 0 Å². The van der Waals surface area contributed by atoms with E-state index in [9.17, 15) is 14.0 Å². The molecular weight excluding hydrogens is 368 g/mol. The number of nitrogen functional groups attached to an aromatic ring is 1. The summed E-state index contributed by atoms with van der Waals surface area (Å²) in [5, 5.41) is 25.5. The van der Waals surface area contributed by atoms with Crippen molar-refractivity contribution in [3.8, 4) is 6.07 Å². The number of nitrogens with zero attached hydrogens (tertiary/aromatic N) is 5. The summed E-state index contributed by atoms with van der Waals surface area (Å²) in [6.07, 6.45) is -1.95. The van der Waals surface area contributed by atoms with E-state index in [4.69, 9.17) is 10.8 Å². The largest absolute Gasteiger partial charge is 0.390 e. The molecule has 0 aliphatic carbocycles. The monoisotopic (exact) mass is 387 g/mol. The number of aliphatic hydroxyl groups is 1. The number of nitriles is 1. The number of hydrogen-bond acceptors (Lipinski definition) is 7. The third-order valence-corrected chi connectivity index (χ3v) is 4.30. The van der Waals surface area contributed by atoms with Gasteiger partial charge >= 0.3 is 0 Å². The molecule has 3 aromatic rings. The molecule has 0 aliphatic rings. The minimum atomic E-state index is -2.76. The number of pyridine rings is 1. The number of nitrogens with two attached hydrogens (primary N) is 1. The topological polar surface area (TPSA) is 125 Å². The average Bonchev–Trinajstić information content (AvgIpc) is 3.07. The summed E-state index contributed by atoms with van der Waals surface area (Å²) in [5.74, 6) is 0.165. The average molecular weight is 387 g/mol. The maximum atomic E-state index is 13.3. The Morgan fingerprint density at radius 2 is 2.07 bits per heavy atom. The Morgan fingerprint density at radius 1 is 1.32 bits per heavy atom. The van der Waals surface area contributed by atoms with Crippen molar-refractivity contribution < 1.29 is 13.9 Å². The maximum Gasteiger partial charge on any atom is 0.282 e. The van der Waals surface area contributed by atoms with Crippen LogP contribution < -0.4 is 11.1 Å². The molecule has 0 bridgehead atoms. The van der Waals surface area contributed by atoms with Crippen LogP contribution in [0, 0.1) is 11.3 Å². The van der Waals surface area contributed by atoms with Gasteiger partial charge in [-0.05, 0) is 18.6 Å². The molecule has 0 fully saturated rings. The fourth-order valence-corrected chi connectivity index (χ4v) is 2.95. The zero-order valence-corrected chi connectivity index (χ0v) is 15.2. The molecule has 3 aromatic heterocycles. The van der Waals surface area contributed by atoms with Gasteiger partial charge in [0.15, 0.2) is 5.65 Å². The number of anilines is 2. The van der Waals surface area contributed by atoms with Gasteiger partial charge in [-0.2, -0.15) is 14.9 Å². The zero-order valence-electron chi connectivity index (χ0n) is 15.2. The summed E-state index contributed by atoms with van der Waals surface area (Å²) in [6.45, 7) is 1.96. The normalized spacial score (nSPS) is 11.1. The highest BCUT2D eigenvalue weighted by Crippen LogP contribution is 2.29. The lowest BCUT2D eigenvalue weighted by Gasteiger charge is -2.11. The third-order valence-electron chi connectivity index (χ3n) is 4.30. The lowest BCUT2D eigenvalue weighted by molar-refractivity contribution is 0.144. The van der Waals surface area contributed by atoms with Crippen LogP contribution in [-0.2, 0) is 19.4 Å². The van der Waals surface area contributed by atoms with Gasteiger partial charge in [0, 0.05) is 24.2 Å². The Kier molecular flexibility index (Phi) is 5.65. The highest BCUT2D eigenvalue weighted by Gasteiger charge is 2.24. The van der Waals surface area contributed by atoms with Crippen molar-refractivity contribution in [2.45, 2.75) is 32.8 Å². The fraction of sp³-hybridized carbons (Fsp3) is 0.333. The van der Waals surface area contributed by atoms with Crippen molar-refractivity contribution in [2.75, 3.05) is 17.6 Å². The molecule has 0 radical (unpaired) electrons. The van der Waals surface area contributed by atoms with E-state index >= 15 is 0 Å². The van der Waals surface area contributed by atoms with Crippen molar-refractivity contribution >= 4 is 17.3 Å². The van der Waals surface area contributed by atoms with E-state index in [-0.39, 0.29) is 35.1 Å². The van der Waals surface area contributed by atoms with E-state index in [1.165, 1.54) is 0 Å². The highest BCUT2D eigenvalue weighted by atomic mass is 19.3. The van der Waals surface area contributed by atoms with E-state index in [1.54, 1.807) is 19.1 Å². The predicted molar refractivity (Wildman–Crippen MR) is 98.8 cm³/mol. The van der Waals surface area contributed by atoms with Crippen LogP contribution in [0.4, 0.5) is 20.4 Å². The number of nitrogens with one attached hydrogen (secondary N) is 1. The van der Waals surface area contributed by atoms with Crippen LogP contribution in [0.2, 0.25) is 0 Å². The first-order valence-electron chi connectivity index (χ1n) is 8.68. The number of rotatable bonds is 7. The maximum absolute atomic E-state index is 13.3. The lowest BCUT2D eigenvalue weighted by Crippen LogP contribution is -2.13. The lowest BCUT2D eigenvalue weighted by atomic mass is 10.2. The van der Waals surface area contributed by atoms with Crippen molar-refractivity contribution in [3.63, 3.8) is 0 Å². The molecule has 0 unspecified atom stereocenters. The molecule has 0 aromatic carbocycles. The Hall–Kier alpha value is -3.32. The second-order valence-electron chi connectivity index (χ2n) is 6.04. The SMILES string of the molecule is CCc1c(C(F)F)nn2c(N)c(C#N)c(NCCc3cccc(CO)n3)nc12. The van der Waals surface area contributed by atoms with Gasteiger partial charge in [-0.3, -0.25) is 4.98 Å². The number of aromatic nitrogens is 4. The minimum absolute atomic E-state index is 0.0375. The van der Waals surface area contributed by atoms with Gasteiger partial charge in [0.1, 0.15) is 29.0 Å². The van der Waals surface area contributed by atoms with Gasteiger partial charge in [0.2, 0.25) is 0 Å². The standard InChI is InChI=1S/C18H19F2N7O/c1-2-12-14(15(19)20)26-27-16(22)13(8-21)17(25-18(12)27)23-7-6-10-4-3-5-11(9-28)24-10/h3-5,15,28H,2,6-7,9,22H2,1H3,(H,23,25). The molecule has 3 heterocycles. The van der Waals surface area contributed by atoms with Gasteiger partial charge < -0.3 is 16.2 Å². The third kappa shape index (κ3) is 3.57. The molecule has 146 valence electrons. The number of hydrogen-bond donors (Lipinski definition) is 3. The summed E-state index contributed by atoms with van der Waals surface area (Å²) in [7, 11) is 0. The molecule has 4 N–H and O–H groups in total. The molecular formula is C18H19F2N7O. The first-order valence-corrected chi connectivity index (χ1v) is 8.68. The number of alkyl halides is 2. The molecule has 0 amide bonds. The second-order valence-corrected chi connectivity index (χ2v) is 6.04.